The lowest BCUT2D eigenvalue weighted by Gasteiger charge is -2.06. The molecule has 0 amide bonds. The average Bonchev–Trinajstić information content (AvgIpc) is 2.32. The number of nitrogens with zero attached hydrogens (tertiary/aromatic N) is 2. The number of rotatable bonds is 3. The summed E-state index contributed by atoms with van der Waals surface area (Å²) in [6.07, 6.45) is 3.57. The minimum absolute atomic E-state index is 0.604. The number of anilines is 1. The lowest BCUT2D eigenvalue weighted by atomic mass is 10.3. The first-order chi connectivity index (χ1) is 7.75. The fourth-order valence-electron chi connectivity index (χ4n) is 1.21. The predicted octanol–water partition coefficient (Wildman–Crippen LogP) is 3.50. The summed E-state index contributed by atoms with van der Waals surface area (Å²) in [5, 5.41) is 3.79. The molecule has 0 spiro atoms. The number of hydrogen-bond donors (Lipinski definition) is 1. The van der Waals surface area contributed by atoms with Crippen LogP contribution in [0, 0.1) is 0 Å². The van der Waals surface area contributed by atoms with Crippen molar-refractivity contribution in [3.8, 4) is 0 Å². The van der Waals surface area contributed by atoms with Crippen LogP contribution in [0.25, 0.3) is 0 Å². The van der Waals surface area contributed by atoms with E-state index in [-0.39, 0.29) is 0 Å². The minimum atomic E-state index is 0.604. The molecular formula is C11H9BrClN3. The van der Waals surface area contributed by atoms with Crippen molar-refractivity contribution >= 4 is 33.3 Å². The van der Waals surface area contributed by atoms with E-state index in [1.807, 2.05) is 24.4 Å². The van der Waals surface area contributed by atoms with Crippen molar-refractivity contribution in [2.24, 2.45) is 0 Å². The first-order valence-electron chi connectivity index (χ1n) is 4.70. The van der Waals surface area contributed by atoms with Crippen LogP contribution in [0.5, 0.6) is 0 Å². The molecule has 0 fully saturated rings. The van der Waals surface area contributed by atoms with Gasteiger partial charge in [0.25, 0.3) is 0 Å². The van der Waals surface area contributed by atoms with Crippen LogP contribution in [0.4, 0.5) is 5.82 Å². The predicted molar refractivity (Wildman–Crippen MR) is 68.5 cm³/mol. The second-order valence-corrected chi connectivity index (χ2v) is 4.34. The molecule has 2 aromatic rings. The van der Waals surface area contributed by atoms with E-state index in [0.29, 0.717) is 16.2 Å². The molecule has 0 aliphatic carbocycles. The van der Waals surface area contributed by atoms with Crippen LogP contribution in [0.3, 0.4) is 0 Å². The Labute approximate surface area is 107 Å². The largest absolute Gasteiger partial charge is 0.366 e. The SMILES string of the molecule is Clc1ccc(NCc2cccnc2)nc1Br. The third kappa shape index (κ3) is 2.93. The lowest BCUT2D eigenvalue weighted by molar-refractivity contribution is 1.08. The van der Waals surface area contributed by atoms with Crippen LogP contribution < -0.4 is 5.32 Å². The Morgan fingerprint density at radius 3 is 2.88 bits per heavy atom. The molecule has 5 heteroatoms. The molecule has 2 aromatic heterocycles. The Balaban J connectivity index is 2.03. The average molecular weight is 299 g/mol. The highest BCUT2D eigenvalue weighted by atomic mass is 79.9. The van der Waals surface area contributed by atoms with E-state index in [1.165, 1.54) is 0 Å². The summed E-state index contributed by atoms with van der Waals surface area (Å²) in [6, 6.07) is 7.54. The van der Waals surface area contributed by atoms with Gasteiger partial charge in [-0.05, 0) is 39.7 Å². The van der Waals surface area contributed by atoms with Crippen molar-refractivity contribution in [1.82, 2.24) is 9.97 Å². The van der Waals surface area contributed by atoms with Crippen LogP contribution in [-0.4, -0.2) is 9.97 Å². The highest BCUT2D eigenvalue weighted by molar-refractivity contribution is 9.10. The van der Waals surface area contributed by atoms with E-state index in [2.05, 4.69) is 31.2 Å². The second kappa shape index (κ2) is 5.27. The van der Waals surface area contributed by atoms with Crippen molar-refractivity contribution in [3.05, 3.63) is 51.8 Å². The first-order valence-corrected chi connectivity index (χ1v) is 5.87. The van der Waals surface area contributed by atoms with Crippen LogP contribution in [0.2, 0.25) is 5.02 Å². The quantitative estimate of drug-likeness (QED) is 0.881. The fourth-order valence-corrected chi connectivity index (χ4v) is 1.64. The number of hydrogen-bond acceptors (Lipinski definition) is 3. The van der Waals surface area contributed by atoms with Gasteiger partial charge >= 0.3 is 0 Å². The van der Waals surface area contributed by atoms with Crippen molar-refractivity contribution in [2.45, 2.75) is 6.54 Å². The monoisotopic (exact) mass is 297 g/mol. The molecule has 16 heavy (non-hydrogen) atoms. The molecule has 1 N–H and O–H groups in total. The molecule has 3 nitrogen and oxygen atoms in total. The lowest BCUT2D eigenvalue weighted by Crippen LogP contribution is -2.01. The third-order valence-corrected chi connectivity index (χ3v) is 3.14. The van der Waals surface area contributed by atoms with Gasteiger partial charge in [-0.1, -0.05) is 17.7 Å². The van der Waals surface area contributed by atoms with E-state index >= 15 is 0 Å². The summed E-state index contributed by atoms with van der Waals surface area (Å²) in [4.78, 5) is 8.28. The molecule has 0 aromatic carbocycles. The zero-order chi connectivity index (χ0) is 11.4. The Morgan fingerprint density at radius 2 is 2.19 bits per heavy atom. The zero-order valence-corrected chi connectivity index (χ0v) is 10.7. The molecule has 0 atom stereocenters. The number of aromatic nitrogens is 2. The molecule has 2 heterocycles. The Morgan fingerprint density at radius 1 is 1.31 bits per heavy atom. The van der Waals surface area contributed by atoms with Crippen LogP contribution in [0.15, 0.2) is 41.3 Å². The highest BCUT2D eigenvalue weighted by Crippen LogP contribution is 2.21. The normalized spacial score (nSPS) is 10.1. The van der Waals surface area contributed by atoms with Crippen LogP contribution in [-0.2, 0) is 6.54 Å². The van der Waals surface area contributed by atoms with Crippen LogP contribution >= 0.6 is 27.5 Å². The zero-order valence-electron chi connectivity index (χ0n) is 8.32. The van der Waals surface area contributed by atoms with Gasteiger partial charge in [0, 0.05) is 18.9 Å². The van der Waals surface area contributed by atoms with E-state index in [0.717, 1.165) is 11.4 Å². The maximum absolute atomic E-state index is 5.85. The van der Waals surface area contributed by atoms with Gasteiger partial charge in [0.15, 0.2) is 0 Å². The molecule has 0 aliphatic heterocycles. The molecule has 0 unspecified atom stereocenters. The van der Waals surface area contributed by atoms with Gasteiger partial charge in [-0.25, -0.2) is 4.98 Å². The van der Waals surface area contributed by atoms with Crippen molar-refractivity contribution in [1.29, 1.82) is 0 Å². The van der Waals surface area contributed by atoms with Crippen molar-refractivity contribution in [2.75, 3.05) is 5.32 Å². The summed E-state index contributed by atoms with van der Waals surface area (Å²) in [5.41, 5.74) is 1.11. The Bertz CT molecular complexity index is 476. The maximum Gasteiger partial charge on any atom is 0.127 e. The molecule has 0 radical (unpaired) electrons. The van der Waals surface area contributed by atoms with Crippen molar-refractivity contribution < 1.29 is 0 Å². The first kappa shape index (κ1) is 11.4. The van der Waals surface area contributed by atoms with Crippen LogP contribution in [0.1, 0.15) is 5.56 Å². The van der Waals surface area contributed by atoms with Gasteiger partial charge in [0.05, 0.1) is 5.02 Å². The van der Waals surface area contributed by atoms with E-state index in [1.54, 1.807) is 12.3 Å². The molecule has 0 aliphatic rings. The summed E-state index contributed by atoms with van der Waals surface area (Å²) in [7, 11) is 0. The summed E-state index contributed by atoms with van der Waals surface area (Å²) in [6.45, 7) is 0.689. The Hall–Kier alpha value is -1.13. The molecule has 82 valence electrons. The molecule has 0 bridgehead atoms. The van der Waals surface area contributed by atoms with E-state index < -0.39 is 0 Å². The Kier molecular flexibility index (Phi) is 3.74. The van der Waals surface area contributed by atoms with E-state index in [4.69, 9.17) is 11.6 Å². The van der Waals surface area contributed by atoms with Gasteiger partial charge < -0.3 is 5.32 Å². The smallest absolute Gasteiger partial charge is 0.127 e. The molecule has 0 saturated carbocycles. The topological polar surface area (TPSA) is 37.8 Å². The number of pyridine rings is 2. The highest BCUT2D eigenvalue weighted by Gasteiger charge is 2.00. The number of halogens is 2. The molecule has 0 saturated heterocycles. The summed E-state index contributed by atoms with van der Waals surface area (Å²) >= 11 is 9.13. The van der Waals surface area contributed by atoms with Gasteiger partial charge in [0.2, 0.25) is 0 Å². The van der Waals surface area contributed by atoms with Gasteiger partial charge in [-0.3, -0.25) is 4.98 Å². The minimum Gasteiger partial charge on any atom is -0.366 e. The molecule has 2 rings (SSSR count). The van der Waals surface area contributed by atoms with E-state index in [9.17, 15) is 0 Å². The fraction of sp³-hybridized carbons (Fsp3) is 0.0909. The maximum atomic E-state index is 5.85. The summed E-state index contributed by atoms with van der Waals surface area (Å²) < 4.78 is 0.644. The summed E-state index contributed by atoms with van der Waals surface area (Å²) in [5.74, 6) is 0.778. The second-order valence-electron chi connectivity index (χ2n) is 3.18. The molecular weight excluding hydrogens is 289 g/mol. The number of nitrogens with one attached hydrogen (secondary N) is 1. The van der Waals surface area contributed by atoms with Crippen molar-refractivity contribution in [3.63, 3.8) is 0 Å². The standard InChI is InChI=1S/C11H9BrClN3/c12-11-9(13)3-4-10(16-11)15-7-8-2-1-5-14-6-8/h1-6H,7H2,(H,15,16). The van der Waals surface area contributed by atoms with Gasteiger partial charge in [-0.2, -0.15) is 0 Å². The van der Waals surface area contributed by atoms with Gasteiger partial charge in [0.1, 0.15) is 10.4 Å². The van der Waals surface area contributed by atoms with Gasteiger partial charge in [-0.15, -0.1) is 0 Å². The third-order valence-electron chi connectivity index (χ3n) is 2.00.